The van der Waals surface area contributed by atoms with Crippen LogP contribution in [0.2, 0.25) is 0 Å². The molecule has 2 aromatic heterocycles. The first-order valence-corrected chi connectivity index (χ1v) is 7.72. The SMILES string of the molecule is Cc1ncsc1CNC(=O)NCC(C)c1nccs1. The van der Waals surface area contributed by atoms with Gasteiger partial charge in [-0.2, -0.15) is 0 Å². The first-order valence-electron chi connectivity index (χ1n) is 5.97. The number of carbonyl (C=O) groups excluding carboxylic acids is 1. The molecule has 19 heavy (non-hydrogen) atoms. The summed E-state index contributed by atoms with van der Waals surface area (Å²) in [5.41, 5.74) is 2.76. The number of hydrogen-bond donors (Lipinski definition) is 2. The number of aryl methyl sites for hydroxylation is 1. The number of rotatable bonds is 5. The minimum Gasteiger partial charge on any atom is -0.337 e. The predicted molar refractivity (Wildman–Crippen MR) is 77.6 cm³/mol. The van der Waals surface area contributed by atoms with Crippen molar-refractivity contribution in [3.63, 3.8) is 0 Å². The molecule has 0 aliphatic heterocycles. The third kappa shape index (κ3) is 4.00. The van der Waals surface area contributed by atoms with Crippen LogP contribution in [-0.2, 0) is 6.54 Å². The van der Waals surface area contributed by atoms with Crippen LogP contribution in [0.5, 0.6) is 0 Å². The molecule has 1 atom stereocenters. The summed E-state index contributed by atoms with van der Waals surface area (Å²) in [7, 11) is 0. The van der Waals surface area contributed by atoms with E-state index in [1.165, 1.54) is 0 Å². The summed E-state index contributed by atoms with van der Waals surface area (Å²) in [6.07, 6.45) is 1.78. The van der Waals surface area contributed by atoms with Gasteiger partial charge in [-0.25, -0.2) is 14.8 Å². The fourth-order valence-electron chi connectivity index (χ4n) is 1.53. The van der Waals surface area contributed by atoms with Crippen molar-refractivity contribution in [3.8, 4) is 0 Å². The Hall–Kier alpha value is -1.47. The Labute approximate surface area is 120 Å². The van der Waals surface area contributed by atoms with Crippen LogP contribution in [-0.4, -0.2) is 22.5 Å². The fraction of sp³-hybridized carbons (Fsp3) is 0.417. The van der Waals surface area contributed by atoms with Crippen molar-refractivity contribution in [2.75, 3.05) is 6.54 Å². The van der Waals surface area contributed by atoms with E-state index in [-0.39, 0.29) is 11.9 Å². The lowest BCUT2D eigenvalue weighted by molar-refractivity contribution is 0.240. The van der Waals surface area contributed by atoms with Crippen LogP contribution >= 0.6 is 22.7 Å². The highest BCUT2D eigenvalue weighted by Crippen LogP contribution is 2.16. The third-order valence-electron chi connectivity index (χ3n) is 2.70. The van der Waals surface area contributed by atoms with E-state index in [0.29, 0.717) is 13.1 Å². The monoisotopic (exact) mass is 296 g/mol. The molecule has 0 saturated carbocycles. The summed E-state index contributed by atoms with van der Waals surface area (Å²) >= 11 is 3.16. The second-order valence-corrected chi connectivity index (χ2v) is 6.06. The van der Waals surface area contributed by atoms with Crippen molar-refractivity contribution < 1.29 is 4.79 Å². The molecule has 0 aromatic carbocycles. The standard InChI is InChI=1S/C12H16N4OS2/c1-8(11-13-3-4-18-11)5-14-12(17)15-6-10-9(2)16-7-19-10/h3-4,7-8H,5-6H2,1-2H3,(H2,14,15,17). The normalized spacial score (nSPS) is 12.1. The summed E-state index contributed by atoms with van der Waals surface area (Å²) in [4.78, 5) is 21.1. The molecular formula is C12H16N4OS2. The molecule has 0 fully saturated rings. The minimum absolute atomic E-state index is 0.156. The molecule has 0 spiro atoms. The smallest absolute Gasteiger partial charge is 0.315 e. The molecule has 0 aliphatic carbocycles. The van der Waals surface area contributed by atoms with E-state index in [9.17, 15) is 4.79 Å². The van der Waals surface area contributed by atoms with E-state index < -0.39 is 0 Å². The molecule has 0 radical (unpaired) electrons. The van der Waals surface area contributed by atoms with Crippen molar-refractivity contribution in [3.05, 3.63) is 32.7 Å². The van der Waals surface area contributed by atoms with Crippen LogP contribution in [0, 0.1) is 6.92 Å². The summed E-state index contributed by atoms with van der Waals surface area (Å²) in [5.74, 6) is 0.232. The number of nitrogens with zero attached hydrogens (tertiary/aromatic N) is 2. The summed E-state index contributed by atoms with van der Waals surface area (Å²) in [6.45, 7) is 5.09. The van der Waals surface area contributed by atoms with Gasteiger partial charge >= 0.3 is 6.03 Å². The number of carbonyl (C=O) groups is 1. The maximum absolute atomic E-state index is 11.7. The van der Waals surface area contributed by atoms with Gasteiger partial charge in [-0.1, -0.05) is 6.92 Å². The molecule has 1 unspecified atom stereocenters. The second-order valence-electron chi connectivity index (χ2n) is 4.20. The van der Waals surface area contributed by atoms with Crippen LogP contribution in [0.3, 0.4) is 0 Å². The Kier molecular flexibility index (Phi) is 4.86. The quantitative estimate of drug-likeness (QED) is 0.891. The van der Waals surface area contributed by atoms with Crippen molar-refractivity contribution in [1.29, 1.82) is 0 Å². The molecule has 2 heterocycles. The van der Waals surface area contributed by atoms with E-state index in [4.69, 9.17) is 0 Å². The maximum atomic E-state index is 11.7. The van der Waals surface area contributed by atoms with Crippen LogP contribution < -0.4 is 10.6 Å². The van der Waals surface area contributed by atoms with Crippen molar-refractivity contribution in [2.45, 2.75) is 26.3 Å². The highest BCUT2D eigenvalue weighted by Gasteiger charge is 2.10. The molecule has 7 heteroatoms. The highest BCUT2D eigenvalue weighted by atomic mass is 32.1. The van der Waals surface area contributed by atoms with Gasteiger partial charge in [-0.05, 0) is 6.92 Å². The van der Waals surface area contributed by atoms with Gasteiger partial charge in [0.05, 0.1) is 22.8 Å². The molecule has 0 bridgehead atoms. The van der Waals surface area contributed by atoms with Gasteiger partial charge in [0.25, 0.3) is 0 Å². The number of nitrogens with one attached hydrogen (secondary N) is 2. The Bertz CT molecular complexity index is 524. The first kappa shape index (κ1) is 14.0. The van der Waals surface area contributed by atoms with Crippen LogP contribution in [0.4, 0.5) is 4.79 Å². The Morgan fingerprint density at radius 1 is 1.37 bits per heavy atom. The lowest BCUT2D eigenvalue weighted by Crippen LogP contribution is -2.36. The number of amides is 2. The van der Waals surface area contributed by atoms with Gasteiger partial charge in [-0.15, -0.1) is 22.7 Å². The third-order valence-corrected chi connectivity index (χ3v) is 4.64. The highest BCUT2D eigenvalue weighted by molar-refractivity contribution is 7.09. The topological polar surface area (TPSA) is 66.9 Å². The van der Waals surface area contributed by atoms with E-state index in [1.54, 1.807) is 34.4 Å². The molecule has 2 N–H and O–H groups in total. The minimum atomic E-state index is -0.156. The van der Waals surface area contributed by atoms with Gasteiger partial charge in [0.1, 0.15) is 0 Å². The largest absolute Gasteiger partial charge is 0.337 e. The second kappa shape index (κ2) is 6.63. The van der Waals surface area contributed by atoms with E-state index in [1.807, 2.05) is 19.2 Å². The fourth-order valence-corrected chi connectivity index (χ4v) is 2.95. The number of urea groups is 1. The molecule has 2 rings (SSSR count). The summed E-state index contributed by atoms with van der Waals surface area (Å²) in [5, 5.41) is 8.67. The lowest BCUT2D eigenvalue weighted by Gasteiger charge is -2.10. The van der Waals surface area contributed by atoms with Crippen LogP contribution in [0.1, 0.15) is 28.4 Å². The van der Waals surface area contributed by atoms with Gasteiger partial charge < -0.3 is 10.6 Å². The molecule has 0 saturated heterocycles. The molecule has 5 nitrogen and oxygen atoms in total. The van der Waals surface area contributed by atoms with Crippen molar-refractivity contribution >= 4 is 28.7 Å². The van der Waals surface area contributed by atoms with Crippen molar-refractivity contribution in [1.82, 2.24) is 20.6 Å². The van der Waals surface area contributed by atoms with Gasteiger partial charge in [0, 0.05) is 28.9 Å². The zero-order valence-electron chi connectivity index (χ0n) is 10.8. The van der Waals surface area contributed by atoms with Crippen LogP contribution in [0.25, 0.3) is 0 Å². The predicted octanol–water partition coefficient (Wildman–Crippen LogP) is 2.51. The van der Waals surface area contributed by atoms with Gasteiger partial charge in [0.2, 0.25) is 0 Å². The number of hydrogen-bond acceptors (Lipinski definition) is 5. The van der Waals surface area contributed by atoms with Crippen molar-refractivity contribution in [2.24, 2.45) is 0 Å². The Morgan fingerprint density at radius 2 is 2.21 bits per heavy atom. The summed E-state index contributed by atoms with van der Waals surface area (Å²) in [6, 6.07) is -0.156. The lowest BCUT2D eigenvalue weighted by atomic mass is 10.2. The van der Waals surface area contributed by atoms with E-state index in [0.717, 1.165) is 15.6 Å². The van der Waals surface area contributed by atoms with E-state index in [2.05, 4.69) is 20.6 Å². The average Bonchev–Trinajstić information content (AvgIpc) is 3.05. The van der Waals surface area contributed by atoms with E-state index >= 15 is 0 Å². The first-order chi connectivity index (χ1) is 9.16. The Morgan fingerprint density at radius 3 is 2.84 bits per heavy atom. The van der Waals surface area contributed by atoms with Gasteiger partial charge in [0.15, 0.2) is 0 Å². The number of thiazole rings is 2. The number of aromatic nitrogens is 2. The van der Waals surface area contributed by atoms with Crippen LogP contribution in [0.15, 0.2) is 17.1 Å². The molecule has 2 aromatic rings. The molecule has 2 amide bonds. The average molecular weight is 296 g/mol. The Balaban J connectivity index is 1.72. The summed E-state index contributed by atoms with van der Waals surface area (Å²) < 4.78 is 0. The molecule has 102 valence electrons. The molecule has 0 aliphatic rings. The zero-order chi connectivity index (χ0) is 13.7. The van der Waals surface area contributed by atoms with Gasteiger partial charge in [-0.3, -0.25) is 0 Å². The zero-order valence-corrected chi connectivity index (χ0v) is 12.5. The maximum Gasteiger partial charge on any atom is 0.315 e. The molecular weight excluding hydrogens is 280 g/mol.